The van der Waals surface area contributed by atoms with Crippen molar-refractivity contribution in [2.45, 2.75) is 51.7 Å². The number of aliphatic imine (C=N–C) groups is 1. The molecule has 0 bridgehead atoms. The van der Waals surface area contributed by atoms with Crippen LogP contribution in [-0.4, -0.2) is 79.8 Å². The van der Waals surface area contributed by atoms with Crippen molar-refractivity contribution >= 4 is 12.1 Å². The zero-order valence-corrected chi connectivity index (χ0v) is 15.6. The molecule has 7 heteroatoms. The van der Waals surface area contributed by atoms with Gasteiger partial charge in [0.2, 0.25) is 0 Å². The summed E-state index contributed by atoms with van der Waals surface area (Å²) < 4.78 is 5.42. The van der Waals surface area contributed by atoms with Gasteiger partial charge in [0, 0.05) is 45.8 Å². The Balaban J connectivity index is 1.57. The first-order valence-corrected chi connectivity index (χ1v) is 9.05. The Morgan fingerprint density at radius 3 is 2.42 bits per heavy atom. The fourth-order valence-corrected chi connectivity index (χ4v) is 2.61. The van der Waals surface area contributed by atoms with Crippen LogP contribution in [-0.2, 0) is 4.74 Å². The van der Waals surface area contributed by atoms with Gasteiger partial charge in [-0.25, -0.2) is 4.79 Å². The zero-order valence-electron chi connectivity index (χ0n) is 15.6. The van der Waals surface area contributed by atoms with E-state index < -0.39 is 5.60 Å². The molecule has 24 heavy (non-hydrogen) atoms. The van der Waals surface area contributed by atoms with Crippen LogP contribution in [0.3, 0.4) is 0 Å². The van der Waals surface area contributed by atoms with Crippen molar-refractivity contribution < 1.29 is 9.53 Å². The summed E-state index contributed by atoms with van der Waals surface area (Å²) in [5, 5.41) is 6.74. The molecule has 0 aromatic rings. The van der Waals surface area contributed by atoms with E-state index in [4.69, 9.17) is 4.74 Å². The van der Waals surface area contributed by atoms with E-state index in [2.05, 4.69) is 20.5 Å². The lowest BCUT2D eigenvalue weighted by Gasteiger charge is -2.35. The molecule has 1 aliphatic heterocycles. The highest BCUT2D eigenvalue weighted by molar-refractivity contribution is 5.80. The number of guanidine groups is 1. The first kappa shape index (κ1) is 18.8. The van der Waals surface area contributed by atoms with E-state index in [1.165, 1.54) is 12.8 Å². The molecule has 0 aromatic carbocycles. The summed E-state index contributed by atoms with van der Waals surface area (Å²) >= 11 is 0. The highest BCUT2D eigenvalue weighted by atomic mass is 16.6. The van der Waals surface area contributed by atoms with Crippen LogP contribution in [0.1, 0.15) is 40.0 Å². The molecule has 7 nitrogen and oxygen atoms in total. The summed E-state index contributed by atoms with van der Waals surface area (Å²) in [6, 6.07) is 0.622. The van der Waals surface area contributed by atoms with E-state index in [9.17, 15) is 4.79 Å². The van der Waals surface area contributed by atoms with Gasteiger partial charge in [-0.15, -0.1) is 0 Å². The number of nitrogens with zero attached hydrogens (tertiary/aromatic N) is 3. The quantitative estimate of drug-likeness (QED) is 0.448. The molecule has 1 saturated carbocycles. The third kappa shape index (κ3) is 6.95. The predicted molar refractivity (Wildman–Crippen MR) is 96.4 cm³/mol. The topological polar surface area (TPSA) is 69.2 Å². The Hall–Kier alpha value is -1.50. The van der Waals surface area contributed by atoms with Crippen molar-refractivity contribution in [3.8, 4) is 0 Å². The molecule has 0 atom stereocenters. The van der Waals surface area contributed by atoms with Crippen LogP contribution in [0.5, 0.6) is 0 Å². The third-order valence-corrected chi connectivity index (χ3v) is 4.11. The number of piperazine rings is 1. The third-order valence-electron chi connectivity index (χ3n) is 4.11. The minimum atomic E-state index is -0.424. The second kappa shape index (κ2) is 8.55. The monoisotopic (exact) mass is 339 g/mol. The number of amides is 1. The van der Waals surface area contributed by atoms with E-state index in [1.54, 1.807) is 4.90 Å². The standard InChI is InChI=1S/C17H33N5O2/c1-17(2,3)24-16(23)22-12-10-21(11-13-22)9-5-8-19-15(18-4)20-14-6-7-14/h14H,5-13H2,1-4H3,(H2,18,19,20). The summed E-state index contributed by atoms with van der Waals surface area (Å²) in [6.45, 7) is 11.0. The lowest BCUT2D eigenvalue weighted by Crippen LogP contribution is -2.50. The van der Waals surface area contributed by atoms with Crippen LogP contribution in [0.4, 0.5) is 4.79 Å². The smallest absolute Gasteiger partial charge is 0.410 e. The lowest BCUT2D eigenvalue weighted by atomic mass is 10.2. The minimum absolute atomic E-state index is 0.196. The van der Waals surface area contributed by atoms with E-state index in [0.717, 1.165) is 51.6 Å². The van der Waals surface area contributed by atoms with Gasteiger partial charge in [-0.3, -0.25) is 9.89 Å². The Labute approximate surface area is 145 Å². The molecule has 1 heterocycles. The minimum Gasteiger partial charge on any atom is -0.444 e. The molecule has 0 spiro atoms. The molecule has 2 N–H and O–H groups in total. The van der Waals surface area contributed by atoms with Gasteiger partial charge >= 0.3 is 6.09 Å². The van der Waals surface area contributed by atoms with E-state index >= 15 is 0 Å². The molecule has 0 aromatic heterocycles. The van der Waals surface area contributed by atoms with Crippen molar-refractivity contribution in [2.24, 2.45) is 4.99 Å². The molecule has 0 unspecified atom stereocenters. The SMILES string of the molecule is CN=C(NCCCN1CCN(C(=O)OC(C)(C)C)CC1)NC1CC1. The molecular formula is C17H33N5O2. The van der Waals surface area contributed by atoms with Gasteiger partial charge < -0.3 is 20.3 Å². The Kier molecular flexibility index (Phi) is 6.71. The molecule has 2 fully saturated rings. The second-order valence-corrected chi connectivity index (χ2v) is 7.58. The van der Waals surface area contributed by atoms with Crippen molar-refractivity contribution in [3.05, 3.63) is 0 Å². The van der Waals surface area contributed by atoms with E-state index in [1.807, 2.05) is 27.8 Å². The Morgan fingerprint density at radius 1 is 1.21 bits per heavy atom. The van der Waals surface area contributed by atoms with Crippen LogP contribution < -0.4 is 10.6 Å². The maximum atomic E-state index is 12.0. The van der Waals surface area contributed by atoms with Gasteiger partial charge in [-0.2, -0.15) is 0 Å². The predicted octanol–water partition coefficient (Wildman–Crippen LogP) is 1.26. The molecule has 1 saturated heterocycles. The summed E-state index contributed by atoms with van der Waals surface area (Å²) in [5.41, 5.74) is -0.424. The largest absolute Gasteiger partial charge is 0.444 e. The van der Waals surface area contributed by atoms with Crippen molar-refractivity contribution in [1.29, 1.82) is 0 Å². The molecule has 2 rings (SSSR count). The lowest BCUT2D eigenvalue weighted by molar-refractivity contribution is 0.0145. The summed E-state index contributed by atoms with van der Waals surface area (Å²) in [5.74, 6) is 0.909. The van der Waals surface area contributed by atoms with Crippen LogP contribution in [0, 0.1) is 0 Å². The maximum Gasteiger partial charge on any atom is 0.410 e. The van der Waals surface area contributed by atoms with Crippen molar-refractivity contribution in [2.75, 3.05) is 46.3 Å². The van der Waals surface area contributed by atoms with Crippen LogP contribution in [0.15, 0.2) is 4.99 Å². The molecule has 0 radical (unpaired) electrons. The van der Waals surface area contributed by atoms with E-state index in [0.29, 0.717) is 6.04 Å². The molecule has 1 amide bonds. The maximum absolute atomic E-state index is 12.0. The normalized spacial score (nSPS) is 20.0. The number of rotatable bonds is 5. The number of hydrogen-bond donors (Lipinski definition) is 2. The van der Waals surface area contributed by atoms with Crippen LogP contribution in [0.2, 0.25) is 0 Å². The number of hydrogen-bond acceptors (Lipinski definition) is 4. The highest BCUT2D eigenvalue weighted by Crippen LogP contribution is 2.18. The Morgan fingerprint density at radius 2 is 1.88 bits per heavy atom. The summed E-state index contributed by atoms with van der Waals surface area (Å²) in [4.78, 5) is 20.5. The van der Waals surface area contributed by atoms with Crippen molar-refractivity contribution in [3.63, 3.8) is 0 Å². The van der Waals surface area contributed by atoms with Gasteiger partial charge in [0.05, 0.1) is 0 Å². The van der Waals surface area contributed by atoms with Crippen LogP contribution in [0.25, 0.3) is 0 Å². The van der Waals surface area contributed by atoms with Crippen molar-refractivity contribution in [1.82, 2.24) is 20.4 Å². The zero-order chi connectivity index (χ0) is 17.6. The van der Waals surface area contributed by atoms with Gasteiger partial charge in [-0.1, -0.05) is 0 Å². The van der Waals surface area contributed by atoms with Gasteiger partial charge in [0.25, 0.3) is 0 Å². The van der Waals surface area contributed by atoms with Gasteiger partial charge in [-0.05, 0) is 46.6 Å². The Bertz CT molecular complexity index is 435. The average molecular weight is 339 g/mol. The van der Waals surface area contributed by atoms with Crippen LogP contribution >= 0.6 is 0 Å². The molecule has 2 aliphatic rings. The number of ether oxygens (including phenoxy) is 1. The second-order valence-electron chi connectivity index (χ2n) is 7.58. The van der Waals surface area contributed by atoms with E-state index in [-0.39, 0.29) is 6.09 Å². The number of carbonyl (C=O) groups is 1. The molecule has 138 valence electrons. The number of carbonyl (C=O) groups excluding carboxylic acids is 1. The highest BCUT2D eigenvalue weighted by Gasteiger charge is 2.25. The van der Waals surface area contributed by atoms with Gasteiger partial charge in [0.1, 0.15) is 5.60 Å². The first-order valence-electron chi connectivity index (χ1n) is 9.05. The fraction of sp³-hybridized carbons (Fsp3) is 0.882. The van der Waals surface area contributed by atoms with Gasteiger partial charge in [0.15, 0.2) is 5.96 Å². The summed E-state index contributed by atoms with van der Waals surface area (Å²) in [6.07, 6.45) is 3.38. The first-order chi connectivity index (χ1) is 11.4. The molecular weight excluding hydrogens is 306 g/mol. The molecule has 1 aliphatic carbocycles. The summed E-state index contributed by atoms with van der Waals surface area (Å²) in [7, 11) is 1.81. The number of nitrogens with one attached hydrogen (secondary N) is 2. The average Bonchev–Trinajstić information content (AvgIpc) is 3.33. The fourth-order valence-electron chi connectivity index (χ4n) is 2.61.